The Morgan fingerprint density at radius 2 is 1.83 bits per heavy atom. The molecule has 2 aromatic carbocycles. The van der Waals surface area contributed by atoms with Crippen molar-refractivity contribution in [1.82, 2.24) is 4.68 Å². The molecule has 1 aliphatic heterocycles. The molecule has 0 spiro atoms. The van der Waals surface area contributed by atoms with E-state index in [0.29, 0.717) is 0 Å². The Bertz CT molecular complexity index is 1040. The highest BCUT2D eigenvalue weighted by atomic mass is 32.2. The largest absolute Gasteiger partial charge is 0.497 e. The Morgan fingerprint density at radius 1 is 1.07 bits per heavy atom. The van der Waals surface area contributed by atoms with Gasteiger partial charge in [-0.3, -0.25) is 9.47 Å². The monoisotopic (exact) mass is 407 g/mol. The number of fused-ring (bicyclic) bond motifs is 1. The second kappa shape index (κ2) is 7.87. The molecule has 1 aromatic heterocycles. The fourth-order valence-corrected chi connectivity index (χ4v) is 4.76. The Hall–Kier alpha value is -2.86. The van der Waals surface area contributed by atoms with Crippen LogP contribution in [0.15, 0.2) is 59.6 Å². The highest BCUT2D eigenvalue weighted by molar-refractivity contribution is 8.00. The number of hydrogen-bond acceptors (Lipinski definition) is 4. The highest BCUT2D eigenvalue weighted by Crippen LogP contribution is 2.39. The van der Waals surface area contributed by atoms with Gasteiger partial charge in [0.15, 0.2) is 0 Å². The normalized spacial score (nSPS) is 17.9. The van der Waals surface area contributed by atoms with Crippen molar-refractivity contribution >= 4 is 23.4 Å². The van der Waals surface area contributed by atoms with E-state index < -0.39 is 0 Å². The molecular formula is C23H25N3O2S. The first-order chi connectivity index (χ1) is 14.0. The molecule has 3 aromatic rings. The average Bonchev–Trinajstić information content (AvgIpc) is 3.10. The van der Waals surface area contributed by atoms with E-state index in [1.54, 1.807) is 18.9 Å². The Kier molecular flexibility index (Phi) is 5.28. The van der Waals surface area contributed by atoms with Gasteiger partial charge in [0.25, 0.3) is 0 Å². The second-order valence-corrected chi connectivity index (χ2v) is 8.47. The predicted octanol–water partition coefficient (Wildman–Crippen LogP) is 4.82. The third-order valence-electron chi connectivity index (χ3n) is 5.45. The number of aryl methyl sites for hydroxylation is 2. The minimum absolute atomic E-state index is 0.0119. The number of aromatic nitrogens is 1. The number of thioether (sulfide) groups is 1. The second-order valence-electron chi connectivity index (χ2n) is 7.30. The molecule has 5 nitrogen and oxygen atoms in total. The standard InChI is InChI=1S/C23H25N3O2S/c1-14-6-5-7-19(16(14)3)24-23(27)22-21(17-9-11-18(28-4)12-10-17)25-26-15(2)8-13-20(26)29-22/h5-13,21-22,25H,1-4H3,(H,24,27). The van der Waals surface area contributed by atoms with Gasteiger partial charge in [0.2, 0.25) is 5.91 Å². The van der Waals surface area contributed by atoms with Crippen LogP contribution < -0.4 is 15.5 Å². The van der Waals surface area contributed by atoms with E-state index in [1.165, 1.54) is 0 Å². The minimum atomic E-state index is -0.315. The maximum atomic E-state index is 13.3. The van der Waals surface area contributed by atoms with Crippen molar-refractivity contribution in [2.75, 3.05) is 17.9 Å². The molecular weight excluding hydrogens is 382 g/mol. The first-order valence-electron chi connectivity index (χ1n) is 9.60. The van der Waals surface area contributed by atoms with Crippen molar-refractivity contribution in [2.45, 2.75) is 37.1 Å². The van der Waals surface area contributed by atoms with E-state index in [4.69, 9.17) is 4.74 Å². The molecule has 29 heavy (non-hydrogen) atoms. The van der Waals surface area contributed by atoms with E-state index >= 15 is 0 Å². The SMILES string of the molecule is COc1ccc(C2Nn3c(C)ccc3SC2C(=O)Nc2cccc(C)c2C)cc1. The number of methoxy groups -OCH3 is 1. The fourth-order valence-electron chi connectivity index (χ4n) is 3.53. The van der Waals surface area contributed by atoms with Gasteiger partial charge in [0.1, 0.15) is 11.0 Å². The van der Waals surface area contributed by atoms with Crippen LogP contribution in [0.1, 0.15) is 28.4 Å². The summed E-state index contributed by atoms with van der Waals surface area (Å²) in [4.78, 5) is 13.3. The van der Waals surface area contributed by atoms with Crippen molar-refractivity contribution in [1.29, 1.82) is 0 Å². The summed E-state index contributed by atoms with van der Waals surface area (Å²) in [5.74, 6) is 0.786. The molecule has 2 atom stereocenters. The minimum Gasteiger partial charge on any atom is -0.497 e. The number of anilines is 1. The number of nitrogens with zero attached hydrogens (tertiary/aromatic N) is 1. The van der Waals surface area contributed by atoms with Crippen LogP contribution in [0.25, 0.3) is 0 Å². The third-order valence-corrected chi connectivity index (χ3v) is 6.76. The molecule has 0 aliphatic carbocycles. The van der Waals surface area contributed by atoms with Crippen LogP contribution in [-0.4, -0.2) is 22.9 Å². The lowest BCUT2D eigenvalue weighted by molar-refractivity contribution is -0.116. The zero-order chi connectivity index (χ0) is 20.5. The summed E-state index contributed by atoms with van der Waals surface area (Å²) in [7, 11) is 1.65. The van der Waals surface area contributed by atoms with Gasteiger partial charge in [0, 0.05) is 11.4 Å². The summed E-state index contributed by atoms with van der Waals surface area (Å²) in [5.41, 5.74) is 8.80. The first kappa shape index (κ1) is 19.5. The Labute approximate surface area is 175 Å². The van der Waals surface area contributed by atoms with Crippen LogP contribution in [0.2, 0.25) is 0 Å². The van der Waals surface area contributed by atoms with Gasteiger partial charge >= 0.3 is 0 Å². The highest BCUT2D eigenvalue weighted by Gasteiger charge is 2.36. The van der Waals surface area contributed by atoms with Crippen LogP contribution in [0.5, 0.6) is 5.75 Å². The Balaban J connectivity index is 1.67. The van der Waals surface area contributed by atoms with Crippen molar-refractivity contribution in [2.24, 2.45) is 0 Å². The summed E-state index contributed by atoms with van der Waals surface area (Å²) in [6.45, 7) is 6.14. The van der Waals surface area contributed by atoms with Gasteiger partial charge in [0.05, 0.1) is 18.2 Å². The summed E-state index contributed by atoms with van der Waals surface area (Å²) in [5, 5.41) is 3.87. The summed E-state index contributed by atoms with van der Waals surface area (Å²) in [6.07, 6.45) is 0. The van der Waals surface area contributed by atoms with Crippen LogP contribution in [0.3, 0.4) is 0 Å². The molecule has 150 valence electrons. The quantitative estimate of drug-likeness (QED) is 0.651. The number of benzene rings is 2. The third kappa shape index (κ3) is 3.72. The first-order valence-corrected chi connectivity index (χ1v) is 10.5. The van der Waals surface area contributed by atoms with Crippen LogP contribution in [-0.2, 0) is 4.79 Å². The van der Waals surface area contributed by atoms with Gasteiger partial charge in [-0.25, -0.2) is 0 Å². The molecule has 2 N–H and O–H groups in total. The molecule has 0 saturated heterocycles. The van der Waals surface area contributed by atoms with Gasteiger partial charge in [-0.1, -0.05) is 36.0 Å². The van der Waals surface area contributed by atoms with Crippen molar-refractivity contribution < 1.29 is 9.53 Å². The zero-order valence-corrected chi connectivity index (χ0v) is 17.8. The van der Waals surface area contributed by atoms with Crippen LogP contribution in [0, 0.1) is 20.8 Å². The summed E-state index contributed by atoms with van der Waals surface area (Å²) >= 11 is 1.59. The van der Waals surface area contributed by atoms with E-state index in [2.05, 4.69) is 47.5 Å². The number of hydrogen-bond donors (Lipinski definition) is 2. The average molecular weight is 408 g/mol. The number of amides is 1. The van der Waals surface area contributed by atoms with Crippen molar-refractivity contribution in [3.8, 4) is 5.75 Å². The smallest absolute Gasteiger partial charge is 0.240 e. The van der Waals surface area contributed by atoms with Gasteiger partial charge in [-0.15, -0.1) is 0 Å². The van der Waals surface area contributed by atoms with E-state index in [1.807, 2.05) is 43.3 Å². The van der Waals surface area contributed by atoms with Crippen molar-refractivity contribution in [3.05, 3.63) is 77.0 Å². The lowest BCUT2D eigenvalue weighted by Gasteiger charge is -2.34. The zero-order valence-electron chi connectivity index (χ0n) is 17.0. The van der Waals surface area contributed by atoms with E-state index in [9.17, 15) is 4.79 Å². The van der Waals surface area contributed by atoms with Crippen molar-refractivity contribution in [3.63, 3.8) is 0 Å². The lowest BCUT2D eigenvalue weighted by atomic mass is 10.0. The molecule has 1 amide bonds. The van der Waals surface area contributed by atoms with E-state index in [-0.39, 0.29) is 17.2 Å². The molecule has 0 saturated carbocycles. The number of nitrogens with one attached hydrogen (secondary N) is 2. The number of carbonyl (C=O) groups excluding carboxylic acids is 1. The molecule has 0 bridgehead atoms. The maximum Gasteiger partial charge on any atom is 0.240 e. The predicted molar refractivity (Wildman–Crippen MR) is 118 cm³/mol. The van der Waals surface area contributed by atoms with Gasteiger partial charge in [-0.05, 0) is 67.8 Å². The molecule has 0 radical (unpaired) electrons. The lowest BCUT2D eigenvalue weighted by Crippen LogP contribution is -2.41. The fraction of sp³-hybridized carbons (Fsp3) is 0.261. The molecule has 0 fully saturated rings. The molecule has 2 heterocycles. The summed E-state index contributed by atoms with van der Waals surface area (Å²) in [6, 6.07) is 17.8. The molecule has 2 unspecified atom stereocenters. The number of rotatable bonds is 4. The van der Waals surface area contributed by atoms with Crippen LogP contribution >= 0.6 is 11.8 Å². The van der Waals surface area contributed by atoms with Gasteiger partial charge in [-0.2, -0.15) is 0 Å². The number of carbonyl (C=O) groups is 1. The van der Waals surface area contributed by atoms with E-state index in [0.717, 1.165) is 38.8 Å². The molecule has 1 aliphatic rings. The van der Waals surface area contributed by atoms with Crippen LogP contribution in [0.4, 0.5) is 5.69 Å². The summed E-state index contributed by atoms with van der Waals surface area (Å²) < 4.78 is 7.34. The maximum absolute atomic E-state index is 13.3. The molecule has 6 heteroatoms. The number of ether oxygens (including phenoxy) is 1. The Morgan fingerprint density at radius 3 is 2.55 bits per heavy atom. The van der Waals surface area contributed by atoms with Gasteiger partial charge < -0.3 is 15.5 Å². The topological polar surface area (TPSA) is 55.3 Å². The molecule has 4 rings (SSSR count).